The fourth-order valence-electron chi connectivity index (χ4n) is 1.58. The molecule has 0 bridgehead atoms. The molecule has 0 saturated carbocycles. The molecule has 18 heavy (non-hydrogen) atoms. The Bertz CT molecular complexity index is 366. The topological polar surface area (TPSA) is 28.2 Å². The van der Waals surface area contributed by atoms with E-state index < -0.39 is 11.9 Å². The molecule has 0 aliphatic rings. The quantitative estimate of drug-likeness (QED) is 0.798. The van der Waals surface area contributed by atoms with Gasteiger partial charge in [0.1, 0.15) is 11.5 Å². The van der Waals surface area contributed by atoms with Gasteiger partial charge in [-0.05, 0) is 25.6 Å². The zero-order valence-corrected chi connectivity index (χ0v) is 10.6. The molecule has 1 aromatic heterocycles. The van der Waals surface area contributed by atoms with E-state index in [1.807, 2.05) is 18.7 Å². The first-order valence-electron chi connectivity index (χ1n) is 5.99. The molecule has 1 aromatic rings. The lowest BCUT2D eigenvalue weighted by molar-refractivity contribution is -0.141. The lowest BCUT2D eigenvalue weighted by Gasteiger charge is -2.22. The van der Waals surface area contributed by atoms with Crippen LogP contribution in [0.25, 0.3) is 0 Å². The van der Waals surface area contributed by atoms with Gasteiger partial charge in [0.25, 0.3) is 0 Å². The first kappa shape index (κ1) is 14.8. The summed E-state index contributed by atoms with van der Waals surface area (Å²) in [7, 11) is 0. The molecular weight excluding hydrogens is 243 g/mol. The van der Waals surface area contributed by atoms with Crippen molar-refractivity contribution in [1.82, 2.24) is 10.3 Å². The lowest BCUT2D eigenvalue weighted by atomic mass is 10.3. The van der Waals surface area contributed by atoms with E-state index in [1.165, 1.54) is 6.07 Å². The van der Waals surface area contributed by atoms with Crippen LogP contribution < -0.4 is 10.2 Å². The van der Waals surface area contributed by atoms with Crippen LogP contribution in [-0.4, -0.2) is 31.2 Å². The van der Waals surface area contributed by atoms with Gasteiger partial charge in [-0.1, -0.05) is 13.0 Å². The number of alkyl halides is 3. The van der Waals surface area contributed by atoms with E-state index in [0.717, 1.165) is 19.2 Å². The largest absolute Gasteiger partial charge is 0.433 e. The molecule has 0 fully saturated rings. The SMILES string of the molecule is CCNCCN(CC)c1cccc(C(F)(F)F)n1. The van der Waals surface area contributed by atoms with Crippen LogP contribution in [0.2, 0.25) is 0 Å². The molecule has 1 N–H and O–H groups in total. The van der Waals surface area contributed by atoms with Gasteiger partial charge in [0.2, 0.25) is 0 Å². The van der Waals surface area contributed by atoms with Crippen molar-refractivity contribution in [3.05, 3.63) is 23.9 Å². The maximum atomic E-state index is 12.5. The molecule has 0 spiro atoms. The van der Waals surface area contributed by atoms with Gasteiger partial charge in [0.05, 0.1) is 0 Å². The van der Waals surface area contributed by atoms with Crippen molar-refractivity contribution in [2.24, 2.45) is 0 Å². The fraction of sp³-hybridized carbons (Fsp3) is 0.583. The van der Waals surface area contributed by atoms with Crippen LogP contribution in [0, 0.1) is 0 Å². The summed E-state index contributed by atoms with van der Waals surface area (Å²) in [6, 6.07) is 3.98. The molecule has 102 valence electrons. The van der Waals surface area contributed by atoms with E-state index in [0.29, 0.717) is 18.9 Å². The number of hydrogen-bond donors (Lipinski definition) is 1. The summed E-state index contributed by atoms with van der Waals surface area (Å²) >= 11 is 0. The van der Waals surface area contributed by atoms with E-state index >= 15 is 0 Å². The predicted octanol–water partition coefficient (Wildman–Crippen LogP) is 2.54. The molecule has 1 heterocycles. The van der Waals surface area contributed by atoms with Gasteiger partial charge in [0, 0.05) is 19.6 Å². The molecule has 3 nitrogen and oxygen atoms in total. The predicted molar refractivity (Wildman–Crippen MR) is 65.7 cm³/mol. The van der Waals surface area contributed by atoms with Crippen LogP contribution in [-0.2, 0) is 6.18 Å². The van der Waals surface area contributed by atoms with Crippen molar-refractivity contribution in [3.8, 4) is 0 Å². The zero-order valence-electron chi connectivity index (χ0n) is 10.6. The van der Waals surface area contributed by atoms with Crippen molar-refractivity contribution in [2.45, 2.75) is 20.0 Å². The Kier molecular flexibility index (Phi) is 5.40. The Morgan fingerprint density at radius 3 is 2.56 bits per heavy atom. The van der Waals surface area contributed by atoms with Gasteiger partial charge >= 0.3 is 6.18 Å². The van der Waals surface area contributed by atoms with Gasteiger partial charge in [-0.15, -0.1) is 0 Å². The van der Waals surface area contributed by atoms with Gasteiger partial charge in [-0.25, -0.2) is 4.98 Å². The molecule has 0 unspecified atom stereocenters. The second kappa shape index (κ2) is 6.58. The second-order valence-electron chi connectivity index (χ2n) is 3.81. The average Bonchev–Trinajstić information content (AvgIpc) is 2.34. The van der Waals surface area contributed by atoms with E-state index in [2.05, 4.69) is 10.3 Å². The number of hydrogen-bond acceptors (Lipinski definition) is 3. The highest BCUT2D eigenvalue weighted by Gasteiger charge is 2.32. The number of rotatable bonds is 6. The lowest BCUT2D eigenvalue weighted by Crippen LogP contribution is -2.32. The van der Waals surface area contributed by atoms with Crippen molar-refractivity contribution in [3.63, 3.8) is 0 Å². The summed E-state index contributed by atoms with van der Waals surface area (Å²) in [5.74, 6) is 0.366. The molecule has 1 rings (SSSR count). The van der Waals surface area contributed by atoms with Crippen LogP contribution in [0.5, 0.6) is 0 Å². The Balaban J connectivity index is 2.79. The summed E-state index contributed by atoms with van der Waals surface area (Å²) in [5, 5.41) is 3.14. The second-order valence-corrected chi connectivity index (χ2v) is 3.81. The van der Waals surface area contributed by atoms with Crippen LogP contribution in [0.4, 0.5) is 19.0 Å². The van der Waals surface area contributed by atoms with Crippen molar-refractivity contribution in [2.75, 3.05) is 31.1 Å². The molecule has 0 atom stereocenters. The fourth-order valence-corrected chi connectivity index (χ4v) is 1.58. The Hall–Kier alpha value is -1.30. The van der Waals surface area contributed by atoms with E-state index in [-0.39, 0.29) is 0 Å². The molecule has 0 radical (unpaired) electrons. The van der Waals surface area contributed by atoms with Crippen molar-refractivity contribution in [1.29, 1.82) is 0 Å². The molecule has 0 aliphatic carbocycles. The summed E-state index contributed by atoms with van der Waals surface area (Å²) in [6.45, 7) is 6.71. The van der Waals surface area contributed by atoms with Crippen LogP contribution in [0.3, 0.4) is 0 Å². The highest BCUT2D eigenvalue weighted by atomic mass is 19.4. The standard InChI is InChI=1S/C12H18F3N3/c1-3-16-8-9-18(4-2)11-7-5-6-10(17-11)12(13,14)15/h5-7,16H,3-4,8-9H2,1-2H3. The molecule has 0 saturated heterocycles. The van der Waals surface area contributed by atoms with Crippen LogP contribution >= 0.6 is 0 Å². The third kappa shape index (κ3) is 4.18. The van der Waals surface area contributed by atoms with Crippen LogP contribution in [0.15, 0.2) is 18.2 Å². The third-order valence-electron chi connectivity index (χ3n) is 2.54. The van der Waals surface area contributed by atoms with Crippen molar-refractivity contribution < 1.29 is 13.2 Å². The summed E-state index contributed by atoms with van der Waals surface area (Å²) in [6.07, 6.45) is -4.39. The highest BCUT2D eigenvalue weighted by Crippen LogP contribution is 2.28. The van der Waals surface area contributed by atoms with Gasteiger partial charge < -0.3 is 10.2 Å². The maximum absolute atomic E-state index is 12.5. The summed E-state index contributed by atoms with van der Waals surface area (Å²) in [5.41, 5.74) is -0.845. The molecule has 0 aliphatic heterocycles. The smallest absolute Gasteiger partial charge is 0.356 e. The molecule has 6 heteroatoms. The minimum absolute atomic E-state index is 0.366. The molecule has 0 aromatic carbocycles. The number of halogens is 3. The minimum Gasteiger partial charge on any atom is -0.356 e. The minimum atomic E-state index is -4.39. The van der Waals surface area contributed by atoms with E-state index in [9.17, 15) is 13.2 Å². The maximum Gasteiger partial charge on any atom is 0.433 e. The Morgan fingerprint density at radius 2 is 2.00 bits per heavy atom. The Morgan fingerprint density at radius 1 is 1.28 bits per heavy atom. The van der Waals surface area contributed by atoms with Crippen LogP contribution in [0.1, 0.15) is 19.5 Å². The first-order chi connectivity index (χ1) is 8.49. The van der Waals surface area contributed by atoms with E-state index in [4.69, 9.17) is 0 Å². The van der Waals surface area contributed by atoms with Gasteiger partial charge in [0.15, 0.2) is 0 Å². The number of nitrogens with one attached hydrogen (secondary N) is 1. The summed E-state index contributed by atoms with van der Waals surface area (Å²) in [4.78, 5) is 5.48. The monoisotopic (exact) mass is 261 g/mol. The number of aromatic nitrogens is 1. The van der Waals surface area contributed by atoms with E-state index in [1.54, 1.807) is 6.07 Å². The molecular formula is C12H18F3N3. The highest BCUT2D eigenvalue weighted by molar-refractivity contribution is 5.39. The summed E-state index contributed by atoms with van der Waals surface area (Å²) < 4.78 is 37.6. The third-order valence-corrected chi connectivity index (χ3v) is 2.54. The zero-order chi connectivity index (χ0) is 13.6. The number of pyridine rings is 1. The Labute approximate surface area is 105 Å². The molecule has 0 amide bonds. The number of anilines is 1. The van der Waals surface area contributed by atoms with Crippen molar-refractivity contribution >= 4 is 5.82 Å². The van der Waals surface area contributed by atoms with Gasteiger partial charge in [-0.3, -0.25) is 0 Å². The number of nitrogens with zero attached hydrogens (tertiary/aromatic N) is 2. The van der Waals surface area contributed by atoms with Gasteiger partial charge in [-0.2, -0.15) is 13.2 Å². The normalized spacial score (nSPS) is 11.6. The average molecular weight is 261 g/mol. The number of likely N-dealkylation sites (N-methyl/N-ethyl adjacent to an activating group) is 2. The first-order valence-corrected chi connectivity index (χ1v) is 5.99.